The second-order valence-corrected chi connectivity index (χ2v) is 5.11. The van der Waals surface area contributed by atoms with Crippen LogP contribution in [0.2, 0.25) is 0 Å². The summed E-state index contributed by atoms with van der Waals surface area (Å²) < 4.78 is 5.52. The molecule has 0 saturated carbocycles. The fourth-order valence-corrected chi connectivity index (χ4v) is 2.66. The molecule has 1 rings (SSSR count). The van der Waals surface area contributed by atoms with Gasteiger partial charge >= 0.3 is 0 Å². The number of methoxy groups -OCH3 is 1. The molecule has 0 bridgehead atoms. The molecular formula is C15H26N2O. The van der Waals surface area contributed by atoms with Crippen LogP contribution < -0.4 is 16.0 Å². The van der Waals surface area contributed by atoms with Crippen molar-refractivity contribution >= 4 is 0 Å². The lowest BCUT2D eigenvalue weighted by Crippen LogP contribution is -2.33. The van der Waals surface area contributed by atoms with Crippen molar-refractivity contribution in [3.8, 4) is 5.75 Å². The maximum atomic E-state index is 5.76. The van der Waals surface area contributed by atoms with Crippen LogP contribution in [0.5, 0.6) is 5.75 Å². The van der Waals surface area contributed by atoms with Gasteiger partial charge in [-0.3, -0.25) is 11.3 Å². The second kappa shape index (κ2) is 6.76. The van der Waals surface area contributed by atoms with Gasteiger partial charge in [-0.25, -0.2) is 0 Å². The lowest BCUT2D eigenvalue weighted by Gasteiger charge is -2.27. The topological polar surface area (TPSA) is 47.3 Å². The summed E-state index contributed by atoms with van der Waals surface area (Å²) in [4.78, 5) is 0. The molecule has 102 valence electrons. The summed E-state index contributed by atoms with van der Waals surface area (Å²) in [5.74, 6) is 7.17. The van der Waals surface area contributed by atoms with Gasteiger partial charge in [-0.1, -0.05) is 26.3 Å². The van der Waals surface area contributed by atoms with Gasteiger partial charge in [0.05, 0.1) is 13.2 Å². The van der Waals surface area contributed by atoms with Crippen molar-refractivity contribution in [3.05, 3.63) is 28.8 Å². The zero-order chi connectivity index (χ0) is 13.7. The first kappa shape index (κ1) is 15.0. The molecule has 0 aliphatic rings. The van der Waals surface area contributed by atoms with E-state index in [0.29, 0.717) is 5.92 Å². The normalized spacial score (nSPS) is 14.3. The quantitative estimate of drug-likeness (QED) is 0.602. The van der Waals surface area contributed by atoms with Crippen LogP contribution in [0.4, 0.5) is 0 Å². The molecule has 1 aromatic carbocycles. The Bertz CT molecular complexity index is 390. The minimum Gasteiger partial charge on any atom is -0.496 e. The maximum Gasteiger partial charge on any atom is 0.124 e. The van der Waals surface area contributed by atoms with E-state index in [4.69, 9.17) is 10.6 Å². The Labute approximate surface area is 111 Å². The molecule has 0 radical (unpaired) electrons. The van der Waals surface area contributed by atoms with Gasteiger partial charge in [-0.05, 0) is 43.4 Å². The first-order valence-electron chi connectivity index (χ1n) is 6.66. The highest BCUT2D eigenvalue weighted by atomic mass is 16.5. The van der Waals surface area contributed by atoms with Crippen molar-refractivity contribution in [2.24, 2.45) is 11.8 Å². The average Bonchev–Trinajstić information content (AvgIpc) is 2.32. The first-order valence-corrected chi connectivity index (χ1v) is 6.66. The number of hydrazine groups is 1. The fraction of sp³-hybridized carbons (Fsp3) is 0.600. The summed E-state index contributed by atoms with van der Waals surface area (Å²) in [5, 5.41) is 0. The Kier molecular flexibility index (Phi) is 5.63. The average molecular weight is 250 g/mol. The largest absolute Gasteiger partial charge is 0.496 e. The molecule has 2 atom stereocenters. The number of hydrogen-bond donors (Lipinski definition) is 2. The summed E-state index contributed by atoms with van der Waals surface area (Å²) in [6.07, 6.45) is 2.30. The summed E-state index contributed by atoms with van der Waals surface area (Å²) >= 11 is 0. The molecule has 0 aromatic heterocycles. The molecule has 0 aliphatic heterocycles. The van der Waals surface area contributed by atoms with Crippen LogP contribution in [0.1, 0.15) is 49.4 Å². The molecule has 0 aliphatic carbocycles. The third-order valence-corrected chi connectivity index (χ3v) is 3.52. The molecule has 3 N–H and O–H groups in total. The van der Waals surface area contributed by atoms with Crippen molar-refractivity contribution < 1.29 is 4.74 Å². The highest BCUT2D eigenvalue weighted by Gasteiger charge is 2.23. The van der Waals surface area contributed by atoms with E-state index < -0.39 is 0 Å². The van der Waals surface area contributed by atoms with Crippen molar-refractivity contribution in [3.63, 3.8) is 0 Å². The van der Waals surface area contributed by atoms with E-state index in [1.165, 1.54) is 16.7 Å². The smallest absolute Gasteiger partial charge is 0.124 e. The minimum atomic E-state index is 0.139. The van der Waals surface area contributed by atoms with Gasteiger partial charge in [0.25, 0.3) is 0 Å². The van der Waals surface area contributed by atoms with Gasteiger partial charge in [-0.15, -0.1) is 0 Å². The van der Waals surface area contributed by atoms with Crippen molar-refractivity contribution in [1.82, 2.24) is 5.43 Å². The van der Waals surface area contributed by atoms with E-state index in [9.17, 15) is 0 Å². The Morgan fingerprint density at radius 3 is 2.50 bits per heavy atom. The Morgan fingerprint density at radius 1 is 1.33 bits per heavy atom. The minimum absolute atomic E-state index is 0.139. The number of hydrogen-bond acceptors (Lipinski definition) is 3. The zero-order valence-electron chi connectivity index (χ0n) is 12.2. The van der Waals surface area contributed by atoms with Crippen LogP contribution in [0.15, 0.2) is 12.1 Å². The Hall–Kier alpha value is -1.06. The third-order valence-electron chi connectivity index (χ3n) is 3.52. The molecular weight excluding hydrogens is 224 g/mol. The highest BCUT2D eigenvalue weighted by Crippen LogP contribution is 2.35. The van der Waals surface area contributed by atoms with Crippen LogP contribution >= 0.6 is 0 Å². The molecule has 18 heavy (non-hydrogen) atoms. The Morgan fingerprint density at radius 2 is 2.00 bits per heavy atom. The van der Waals surface area contributed by atoms with Gasteiger partial charge in [0.15, 0.2) is 0 Å². The van der Waals surface area contributed by atoms with Gasteiger partial charge in [0, 0.05) is 5.56 Å². The molecule has 0 saturated heterocycles. The molecule has 3 nitrogen and oxygen atoms in total. The van der Waals surface area contributed by atoms with E-state index >= 15 is 0 Å². The molecule has 0 spiro atoms. The summed E-state index contributed by atoms with van der Waals surface area (Å²) in [6.45, 7) is 8.63. The predicted octanol–water partition coefficient (Wildman–Crippen LogP) is 3.25. The summed E-state index contributed by atoms with van der Waals surface area (Å²) in [6, 6.07) is 4.40. The molecule has 2 unspecified atom stereocenters. The summed E-state index contributed by atoms with van der Waals surface area (Å²) in [5.41, 5.74) is 6.59. The summed E-state index contributed by atoms with van der Waals surface area (Å²) in [7, 11) is 1.72. The fourth-order valence-electron chi connectivity index (χ4n) is 2.66. The number of nitrogens with one attached hydrogen (secondary N) is 1. The molecule has 1 aromatic rings. The number of ether oxygens (including phenoxy) is 1. The van der Waals surface area contributed by atoms with Crippen LogP contribution in [-0.2, 0) is 0 Å². The highest BCUT2D eigenvalue weighted by molar-refractivity contribution is 5.45. The monoisotopic (exact) mass is 250 g/mol. The first-order chi connectivity index (χ1) is 8.54. The number of aryl methyl sites for hydroxylation is 2. The maximum absolute atomic E-state index is 5.76. The van der Waals surface area contributed by atoms with Crippen LogP contribution in [0.25, 0.3) is 0 Å². The standard InChI is InChI=1S/C15H26N2O/c1-6-7-11(3)15(17-16)14-12(4)8-10(2)9-13(14)18-5/h8-9,11,15,17H,6-7,16H2,1-5H3. The van der Waals surface area contributed by atoms with Crippen LogP contribution in [0, 0.1) is 19.8 Å². The SMILES string of the molecule is CCCC(C)C(NN)c1c(C)cc(C)cc1OC. The van der Waals surface area contributed by atoms with E-state index in [-0.39, 0.29) is 6.04 Å². The van der Waals surface area contributed by atoms with E-state index in [0.717, 1.165) is 18.6 Å². The Balaban J connectivity index is 3.19. The second-order valence-electron chi connectivity index (χ2n) is 5.11. The molecule has 0 heterocycles. The van der Waals surface area contributed by atoms with Gasteiger partial charge in [0.1, 0.15) is 5.75 Å². The lowest BCUT2D eigenvalue weighted by atomic mass is 9.88. The van der Waals surface area contributed by atoms with Crippen molar-refractivity contribution in [1.29, 1.82) is 0 Å². The number of benzene rings is 1. The third kappa shape index (κ3) is 3.24. The number of rotatable bonds is 6. The van der Waals surface area contributed by atoms with Gasteiger partial charge in [-0.2, -0.15) is 0 Å². The number of nitrogens with two attached hydrogens (primary N) is 1. The molecule has 0 fully saturated rings. The van der Waals surface area contributed by atoms with Crippen LogP contribution in [-0.4, -0.2) is 7.11 Å². The van der Waals surface area contributed by atoms with Gasteiger partial charge in [0.2, 0.25) is 0 Å². The van der Waals surface area contributed by atoms with Crippen LogP contribution in [0.3, 0.4) is 0 Å². The van der Waals surface area contributed by atoms with Gasteiger partial charge < -0.3 is 4.74 Å². The zero-order valence-corrected chi connectivity index (χ0v) is 12.2. The molecule has 3 heteroatoms. The van der Waals surface area contributed by atoms with E-state index in [1.54, 1.807) is 7.11 Å². The molecule has 0 amide bonds. The van der Waals surface area contributed by atoms with E-state index in [2.05, 4.69) is 45.3 Å². The van der Waals surface area contributed by atoms with Crippen molar-refractivity contribution in [2.75, 3.05) is 7.11 Å². The van der Waals surface area contributed by atoms with Crippen molar-refractivity contribution in [2.45, 2.75) is 46.6 Å². The van der Waals surface area contributed by atoms with E-state index in [1.807, 2.05) is 0 Å². The predicted molar refractivity (Wildman–Crippen MR) is 76.6 cm³/mol. The lowest BCUT2D eigenvalue weighted by molar-refractivity contribution is 0.344.